The van der Waals surface area contributed by atoms with E-state index in [1.165, 1.54) is 18.4 Å². The molecule has 2 aliphatic rings. The van der Waals surface area contributed by atoms with E-state index in [4.69, 9.17) is 4.99 Å². The van der Waals surface area contributed by atoms with E-state index in [9.17, 15) is 10.1 Å². The Morgan fingerprint density at radius 1 is 0.969 bits per heavy atom. The molecule has 2 fully saturated rings. The van der Waals surface area contributed by atoms with E-state index < -0.39 is 0 Å². The molecule has 2 aliphatic heterocycles. The molecule has 0 atom stereocenters. The first-order valence-electron chi connectivity index (χ1n) is 11.2. The number of guanidine groups is 1. The van der Waals surface area contributed by atoms with Crippen LogP contribution in [0.2, 0.25) is 0 Å². The van der Waals surface area contributed by atoms with Gasteiger partial charge in [-0.25, -0.2) is 4.99 Å². The Morgan fingerprint density at radius 2 is 1.62 bits per heavy atom. The highest BCUT2D eigenvalue weighted by molar-refractivity contribution is 14.0. The second-order valence-corrected chi connectivity index (χ2v) is 8.44. The Kier molecular flexibility index (Phi) is 9.28. The van der Waals surface area contributed by atoms with Crippen molar-refractivity contribution in [1.29, 1.82) is 0 Å². The van der Waals surface area contributed by atoms with Gasteiger partial charge in [0.2, 0.25) is 0 Å². The van der Waals surface area contributed by atoms with Crippen molar-refractivity contribution in [2.24, 2.45) is 4.99 Å². The lowest BCUT2D eigenvalue weighted by Crippen LogP contribution is -2.49. The number of piperidine rings is 1. The number of nitro benzene ring substituents is 1. The molecule has 32 heavy (non-hydrogen) atoms. The zero-order valence-corrected chi connectivity index (χ0v) is 20.7. The summed E-state index contributed by atoms with van der Waals surface area (Å²) in [7, 11) is 0. The number of nitrogens with one attached hydrogen (secondary N) is 1. The van der Waals surface area contributed by atoms with Crippen molar-refractivity contribution >= 4 is 35.6 Å². The van der Waals surface area contributed by atoms with Crippen molar-refractivity contribution in [3.63, 3.8) is 0 Å². The second kappa shape index (κ2) is 12.2. The van der Waals surface area contributed by atoms with E-state index in [-0.39, 0.29) is 34.6 Å². The third-order valence-electron chi connectivity index (χ3n) is 6.13. The van der Waals surface area contributed by atoms with Gasteiger partial charge in [-0.3, -0.25) is 15.0 Å². The number of hydrogen-bond acceptors (Lipinski definition) is 4. The summed E-state index contributed by atoms with van der Waals surface area (Å²) in [6.07, 6.45) is 4.62. The highest BCUT2D eigenvalue weighted by Gasteiger charge is 2.23. The summed E-state index contributed by atoms with van der Waals surface area (Å²) < 4.78 is 0. The Morgan fingerprint density at radius 3 is 2.25 bits per heavy atom. The molecule has 0 bridgehead atoms. The van der Waals surface area contributed by atoms with Crippen LogP contribution in [0.3, 0.4) is 0 Å². The number of nitro groups is 1. The summed E-state index contributed by atoms with van der Waals surface area (Å²) >= 11 is 0. The first-order valence-corrected chi connectivity index (χ1v) is 11.2. The van der Waals surface area contributed by atoms with E-state index >= 15 is 0 Å². The van der Waals surface area contributed by atoms with Crippen LogP contribution in [0.4, 0.5) is 5.69 Å². The molecular weight excluding hydrogens is 517 g/mol. The second-order valence-electron chi connectivity index (χ2n) is 8.44. The van der Waals surface area contributed by atoms with E-state index in [0.29, 0.717) is 12.6 Å². The maximum Gasteiger partial charge on any atom is 0.269 e. The van der Waals surface area contributed by atoms with Gasteiger partial charge >= 0.3 is 0 Å². The number of rotatable bonds is 6. The third kappa shape index (κ3) is 6.90. The van der Waals surface area contributed by atoms with Crippen LogP contribution in [0.5, 0.6) is 0 Å². The van der Waals surface area contributed by atoms with Crippen molar-refractivity contribution in [3.8, 4) is 0 Å². The molecule has 0 aliphatic carbocycles. The van der Waals surface area contributed by atoms with Crippen LogP contribution in [0, 0.1) is 10.1 Å². The van der Waals surface area contributed by atoms with Gasteiger partial charge in [-0.15, -0.1) is 24.0 Å². The molecule has 0 aromatic heterocycles. The number of benzene rings is 2. The van der Waals surface area contributed by atoms with Crippen LogP contribution < -0.4 is 5.32 Å². The van der Waals surface area contributed by atoms with Gasteiger partial charge in [0.15, 0.2) is 5.96 Å². The van der Waals surface area contributed by atoms with E-state index in [0.717, 1.165) is 57.1 Å². The van der Waals surface area contributed by atoms with E-state index in [1.807, 2.05) is 0 Å². The minimum Gasteiger partial charge on any atom is -0.353 e. The lowest BCUT2D eigenvalue weighted by Gasteiger charge is -2.34. The SMILES string of the molecule is I.O=[N+]([O-])c1ccc(CN=C(NC2CCN(Cc3ccccc3)CC2)N2CCCC2)cc1. The molecule has 2 aromatic carbocycles. The summed E-state index contributed by atoms with van der Waals surface area (Å²) in [5, 5.41) is 14.6. The predicted molar refractivity (Wildman–Crippen MR) is 138 cm³/mol. The monoisotopic (exact) mass is 549 g/mol. The highest BCUT2D eigenvalue weighted by Crippen LogP contribution is 2.17. The topological polar surface area (TPSA) is 74.0 Å². The van der Waals surface area contributed by atoms with Crippen LogP contribution in [0.25, 0.3) is 0 Å². The molecule has 7 nitrogen and oxygen atoms in total. The molecule has 0 unspecified atom stereocenters. The van der Waals surface area contributed by atoms with Gasteiger partial charge in [0.1, 0.15) is 0 Å². The van der Waals surface area contributed by atoms with Crippen LogP contribution in [0.1, 0.15) is 36.8 Å². The lowest BCUT2D eigenvalue weighted by atomic mass is 10.0. The van der Waals surface area contributed by atoms with Crippen molar-refractivity contribution in [2.75, 3.05) is 26.2 Å². The van der Waals surface area contributed by atoms with Crippen molar-refractivity contribution in [2.45, 2.75) is 44.8 Å². The van der Waals surface area contributed by atoms with Crippen LogP contribution in [-0.2, 0) is 13.1 Å². The Balaban J connectivity index is 0.00000289. The maximum absolute atomic E-state index is 10.9. The van der Waals surface area contributed by atoms with Gasteiger partial charge < -0.3 is 10.2 Å². The van der Waals surface area contributed by atoms with E-state index in [1.54, 1.807) is 24.3 Å². The normalized spacial score (nSPS) is 17.8. The number of nitrogens with zero attached hydrogens (tertiary/aromatic N) is 4. The maximum atomic E-state index is 10.9. The molecule has 0 saturated carbocycles. The average molecular weight is 549 g/mol. The van der Waals surface area contributed by atoms with Gasteiger partial charge in [0.25, 0.3) is 5.69 Å². The number of halogens is 1. The first kappa shape index (κ1) is 24.4. The molecule has 0 radical (unpaired) electrons. The summed E-state index contributed by atoms with van der Waals surface area (Å²) in [4.78, 5) is 20.2. The van der Waals surface area contributed by atoms with Crippen LogP contribution in [0.15, 0.2) is 59.6 Å². The zero-order valence-electron chi connectivity index (χ0n) is 18.4. The van der Waals surface area contributed by atoms with Gasteiger partial charge in [0, 0.05) is 50.9 Å². The van der Waals surface area contributed by atoms with Crippen molar-refractivity contribution in [1.82, 2.24) is 15.1 Å². The molecule has 2 heterocycles. The summed E-state index contributed by atoms with van der Waals surface area (Å²) in [6, 6.07) is 17.8. The van der Waals surface area contributed by atoms with Crippen molar-refractivity contribution in [3.05, 3.63) is 75.8 Å². The molecule has 0 spiro atoms. The standard InChI is InChI=1S/C24H31N5O2.HI/c30-29(31)23-10-8-20(9-11-23)18-25-24(28-14-4-5-15-28)26-22-12-16-27(17-13-22)19-21-6-2-1-3-7-21;/h1-3,6-11,22H,4-5,12-19H2,(H,25,26);1H. The Hall–Kier alpha value is -2.20. The molecule has 2 saturated heterocycles. The molecule has 8 heteroatoms. The summed E-state index contributed by atoms with van der Waals surface area (Å²) in [5.41, 5.74) is 2.48. The molecule has 2 aromatic rings. The largest absolute Gasteiger partial charge is 0.353 e. The molecule has 4 rings (SSSR count). The van der Waals surface area contributed by atoms with Gasteiger partial charge in [-0.05, 0) is 36.8 Å². The predicted octanol–water partition coefficient (Wildman–Crippen LogP) is 4.42. The number of non-ortho nitro benzene ring substituents is 1. The Bertz CT molecular complexity index is 877. The van der Waals surface area contributed by atoms with Gasteiger partial charge in [-0.1, -0.05) is 42.5 Å². The summed E-state index contributed by atoms with van der Waals surface area (Å²) in [5.74, 6) is 0.984. The van der Waals surface area contributed by atoms with Crippen molar-refractivity contribution < 1.29 is 4.92 Å². The zero-order chi connectivity index (χ0) is 21.5. The molecule has 0 amide bonds. The minimum atomic E-state index is -0.367. The molecular formula is C24H32IN5O2. The first-order chi connectivity index (χ1) is 15.2. The average Bonchev–Trinajstić information content (AvgIpc) is 3.34. The molecule has 1 N–H and O–H groups in total. The fourth-order valence-electron chi connectivity index (χ4n) is 4.31. The number of aliphatic imine (C=N–C) groups is 1. The third-order valence-corrected chi connectivity index (χ3v) is 6.13. The highest BCUT2D eigenvalue weighted by atomic mass is 127. The number of hydrogen-bond donors (Lipinski definition) is 1. The quantitative estimate of drug-likeness (QED) is 0.190. The molecule has 172 valence electrons. The van der Waals surface area contributed by atoms with Gasteiger partial charge in [0.05, 0.1) is 11.5 Å². The lowest BCUT2D eigenvalue weighted by molar-refractivity contribution is -0.384. The number of likely N-dealkylation sites (tertiary alicyclic amines) is 2. The smallest absolute Gasteiger partial charge is 0.269 e. The minimum absolute atomic E-state index is 0. The van der Waals surface area contributed by atoms with Crippen LogP contribution in [-0.4, -0.2) is 52.9 Å². The fourth-order valence-corrected chi connectivity index (χ4v) is 4.31. The fraction of sp³-hybridized carbons (Fsp3) is 0.458. The Labute approximate surface area is 207 Å². The summed E-state index contributed by atoms with van der Waals surface area (Å²) in [6.45, 7) is 5.80. The van der Waals surface area contributed by atoms with Gasteiger partial charge in [-0.2, -0.15) is 0 Å². The van der Waals surface area contributed by atoms with E-state index in [2.05, 4.69) is 45.4 Å². The van der Waals surface area contributed by atoms with Crippen LogP contribution >= 0.6 is 24.0 Å².